The summed E-state index contributed by atoms with van der Waals surface area (Å²) in [5.74, 6) is -0.359. The van der Waals surface area contributed by atoms with Gasteiger partial charge in [-0.05, 0) is 48.9 Å². The maximum atomic E-state index is 14.8. The number of fused-ring (bicyclic) bond motifs is 1. The summed E-state index contributed by atoms with van der Waals surface area (Å²) in [6.45, 7) is 2.13. The van der Waals surface area contributed by atoms with Gasteiger partial charge < -0.3 is 4.74 Å². The van der Waals surface area contributed by atoms with Crippen LogP contribution in [0.25, 0.3) is 28.0 Å². The van der Waals surface area contributed by atoms with Crippen LogP contribution in [-0.2, 0) is 6.42 Å². The first-order valence-electron chi connectivity index (χ1n) is 12.6. The second-order valence-electron chi connectivity index (χ2n) is 8.93. The third-order valence-electron chi connectivity index (χ3n) is 6.22. The van der Waals surface area contributed by atoms with Crippen molar-refractivity contribution in [3.63, 3.8) is 0 Å². The van der Waals surface area contributed by atoms with Gasteiger partial charge in [0.25, 0.3) is 11.1 Å². The average molecular weight is 552 g/mol. The van der Waals surface area contributed by atoms with Crippen molar-refractivity contribution in [2.75, 3.05) is 6.61 Å². The van der Waals surface area contributed by atoms with Gasteiger partial charge in [0.05, 0.1) is 16.8 Å². The van der Waals surface area contributed by atoms with Crippen LogP contribution in [0.15, 0.2) is 94.6 Å². The molecule has 0 atom stereocenters. The quantitative estimate of drug-likeness (QED) is 0.298. The number of halogens is 1. The third-order valence-corrected chi connectivity index (χ3v) is 7.18. The highest BCUT2D eigenvalue weighted by Gasteiger charge is 2.16. The maximum Gasteiger partial charge on any atom is 0.296 e. The highest BCUT2D eigenvalue weighted by atomic mass is 32.1. The van der Waals surface area contributed by atoms with Crippen molar-refractivity contribution in [1.82, 2.24) is 24.4 Å². The van der Waals surface area contributed by atoms with Gasteiger partial charge >= 0.3 is 0 Å². The summed E-state index contributed by atoms with van der Waals surface area (Å²) < 4.78 is 23.3. The molecule has 6 rings (SSSR count). The van der Waals surface area contributed by atoms with Gasteiger partial charge in [-0.3, -0.25) is 9.59 Å². The molecule has 0 saturated heterocycles. The molecule has 0 N–H and O–H groups in total. The average Bonchev–Trinajstić information content (AvgIpc) is 3.52. The second-order valence-corrected chi connectivity index (χ2v) is 9.94. The van der Waals surface area contributed by atoms with Crippen molar-refractivity contribution >= 4 is 22.4 Å². The summed E-state index contributed by atoms with van der Waals surface area (Å²) in [5.41, 5.74) is 2.58. The summed E-state index contributed by atoms with van der Waals surface area (Å²) in [4.78, 5) is 30.4. The van der Waals surface area contributed by atoms with E-state index >= 15 is 0 Å². The lowest BCUT2D eigenvalue weighted by Gasteiger charge is -2.06. The van der Waals surface area contributed by atoms with Crippen molar-refractivity contribution in [2.24, 2.45) is 0 Å². The molecular formula is C30H22FN5O3S. The first kappa shape index (κ1) is 25.3. The number of hydrogen-bond donors (Lipinski definition) is 0. The normalized spacial score (nSPS) is 11.8. The lowest BCUT2D eigenvalue weighted by molar-refractivity contribution is 0.321. The highest BCUT2D eigenvalue weighted by molar-refractivity contribution is 7.15. The zero-order chi connectivity index (χ0) is 27.6. The van der Waals surface area contributed by atoms with Crippen LogP contribution in [0.2, 0.25) is 0 Å². The van der Waals surface area contributed by atoms with Gasteiger partial charge in [-0.25, -0.2) is 9.07 Å². The lowest BCUT2D eigenvalue weighted by atomic mass is 10.1. The van der Waals surface area contributed by atoms with E-state index in [0.717, 1.165) is 27.1 Å². The first-order chi connectivity index (χ1) is 19.5. The molecule has 3 heterocycles. The fourth-order valence-electron chi connectivity index (χ4n) is 4.33. The van der Waals surface area contributed by atoms with Gasteiger partial charge in [-0.2, -0.15) is 19.7 Å². The molecule has 0 saturated carbocycles. The minimum Gasteiger partial charge on any atom is -0.491 e. The van der Waals surface area contributed by atoms with Crippen molar-refractivity contribution in [3.05, 3.63) is 133 Å². The number of ether oxygens (including phenoxy) is 1. The summed E-state index contributed by atoms with van der Waals surface area (Å²) in [6, 6.07) is 23.5. The predicted octanol–water partition coefficient (Wildman–Crippen LogP) is 4.04. The van der Waals surface area contributed by atoms with E-state index in [1.54, 1.807) is 36.0 Å². The SMILES string of the molecule is CCOc1ccc(-c2nn(-c3ccccc3)cc2C=c2sc3nc(=O)c(Cc4ccccc4)nn3c2=O)cc1F. The molecule has 0 unspecified atom stereocenters. The minimum absolute atomic E-state index is 0.152. The molecule has 6 aromatic rings. The van der Waals surface area contributed by atoms with Crippen LogP contribution in [0.5, 0.6) is 5.75 Å². The first-order valence-corrected chi connectivity index (χ1v) is 13.4. The molecule has 0 spiro atoms. The minimum atomic E-state index is -0.510. The molecular weight excluding hydrogens is 529 g/mol. The van der Waals surface area contributed by atoms with Crippen molar-refractivity contribution in [2.45, 2.75) is 13.3 Å². The van der Waals surface area contributed by atoms with E-state index in [4.69, 9.17) is 9.84 Å². The number of nitrogens with zero attached hydrogens (tertiary/aromatic N) is 5. The van der Waals surface area contributed by atoms with Crippen molar-refractivity contribution < 1.29 is 9.13 Å². The van der Waals surface area contributed by atoms with Gasteiger partial charge in [-0.15, -0.1) is 0 Å². The molecule has 0 fully saturated rings. The molecule has 3 aromatic heterocycles. The third kappa shape index (κ3) is 4.92. The Balaban J connectivity index is 1.49. The van der Waals surface area contributed by atoms with Crippen LogP contribution in [0.1, 0.15) is 23.7 Å². The van der Waals surface area contributed by atoms with Crippen LogP contribution < -0.4 is 20.4 Å². The van der Waals surface area contributed by atoms with Crippen LogP contribution in [-0.4, -0.2) is 31.0 Å². The number of hydrogen-bond acceptors (Lipinski definition) is 7. The number of para-hydroxylation sites is 1. The lowest BCUT2D eigenvalue weighted by Crippen LogP contribution is -2.28. The number of aromatic nitrogens is 5. The fraction of sp³-hybridized carbons (Fsp3) is 0.100. The number of rotatable bonds is 7. The van der Waals surface area contributed by atoms with E-state index in [1.165, 1.54) is 6.07 Å². The van der Waals surface area contributed by atoms with E-state index in [1.807, 2.05) is 60.7 Å². The van der Waals surface area contributed by atoms with Crippen LogP contribution in [0.4, 0.5) is 4.39 Å². The Bertz CT molecular complexity index is 2000. The molecule has 0 radical (unpaired) electrons. The van der Waals surface area contributed by atoms with Gasteiger partial charge in [-0.1, -0.05) is 59.9 Å². The van der Waals surface area contributed by atoms with Gasteiger partial charge in [0.1, 0.15) is 11.4 Å². The molecule has 0 aliphatic rings. The summed E-state index contributed by atoms with van der Waals surface area (Å²) in [6.07, 6.45) is 3.70. The fourth-order valence-corrected chi connectivity index (χ4v) is 5.23. The zero-order valence-corrected chi connectivity index (χ0v) is 22.1. The largest absolute Gasteiger partial charge is 0.491 e. The van der Waals surface area contributed by atoms with E-state index in [-0.39, 0.29) is 22.8 Å². The Kier molecular flexibility index (Phi) is 6.75. The van der Waals surface area contributed by atoms with Crippen LogP contribution in [0, 0.1) is 5.82 Å². The maximum absolute atomic E-state index is 14.8. The Morgan fingerprint density at radius 2 is 1.73 bits per heavy atom. The van der Waals surface area contributed by atoms with Crippen molar-refractivity contribution in [3.8, 4) is 22.7 Å². The summed E-state index contributed by atoms with van der Waals surface area (Å²) in [7, 11) is 0. The van der Waals surface area contributed by atoms with E-state index in [9.17, 15) is 14.0 Å². The Morgan fingerprint density at radius 1 is 0.975 bits per heavy atom. The zero-order valence-electron chi connectivity index (χ0n) is 21.3. The van der Waals surface area contributed by atoms with E-state index < -0.39 is 16.9 Å². The molecule has 10 heteroatoms. The van der Waals surface area contributed by atoms with Gasteiger partial charge in [0.15, 0.2) is 11.6 Å². The Labute approximate surface area is 231 Å². The summed E-state index contributed by atoms with van der Waals surface area (Å²) in [5, 5.41) is 9.05. The molecule has 0 bridgehead atoms. The van der Waals surface area contributed by atoms with Crippen LogP contribution >= 0.6 is 11.3 Å². The summed E-state index contributed by atoms with van der Waals surface area (Å²) >= 11 is 1.06. The molecule has 40 heavy (non-hydrogen) atoms. The second kappa shape index (κ2) is 10.7. The number of benzene rings is 3. The number of thiazole rings is 1. The van der Waals surface area contributed by atoms with Crippen molar-refractivity contribution in [1.29, 1.82) is 0 Å². The topological polar surface area (TPSA) is 91.4 Å². The standard InChI is InChI=1S/C30H22FN5O3S/c1-2-39-25-14-13-20(16-23(25)31)27-21(18-35(34-27)22-11-7-4-8-12-22)17-26-29(38)36-30(40-26)32-28(37)24(33-36)15-19-9-5-3-6-10-19/h3-14,16-18H,2,15H2,1H3. The molecule has 0 amide bonds. The molecule has 198 valence electrons. The van der Waals surface area contributed by atoms with Crippen LogP contribution in [0.3, 0.4) is 0 Å². The Hall–Kier alpha value is -4.96. The van der Waals surface area contributed by atoms with E-state index in [2.05, 4.69) is 10.1 Å². The van der Waals surface area contributed by atoms with Gasteiger partial charge in [0.2, 0.25) is 4.96 Å². The monoisotopic (exact) mass is 551 g/mol. The van der Waals surface area contributed by atoms with E-state index in [0.29, 0.717) is 28.0 Å². The van der Waals surface area contributed by atoms with Gasteiger partial charge in [0, 0.05) is 23.7 Å². The predicted molar refractivity (Wildman–Crippen MR) is 152 cm³/mol. The molecule has 8 nitrogen and oxygen atoms in total. The Morgan fingerprint density at radius 3 is 2.45 bits per heavy atom. The molecule has 0 aliphatic carbocycles. The molecule has 3 aromatic carbocycles. The highest BCUT2D eigenvalue weighted by Crippen LogP contribution is 2.28. The smallest absolute Gasteiger partial charge is 0.296 e. The molecule has 0 aliphatic heterocycles.